The molecular weight excluding hydrogens is 222 g/mol. The lowest BCUT2D eigenvalue weighted by molar-refractivity contribution is -0.144. The molecule has 1 rings (SSSR count). The van der Waals surface area contributed by atoms with Crippen LogP contribution in [0.4, 0.5) is 0 Å². The van der Waals surface area contributed by atoms with Gasteiger partial charge < -0.3 is 15.2 Å². The van der Waals surface area contributed by atoms with Gasteiger partial charge in [-0.3, -0.25) is 4.79 Å². The average molecular weight is 243 g/mol. The van der Waals surface area contributed by atoms with E-state index in [-0.39, 0.29) is 18.6 Å². The maximum Gasteiger partial charge on any atom is 0.328 e. The zero-order valence-electron chi connectivity index (χ0n) is 10.4. The predicted octanol–water partition coefficient (Wildman–Crippen LogP) is 1.17. The van der Waals surface area contributed by atoms with Gasteiger partial charge in [0.05, 0.1) is 12.7 Å². The molecule has 0 heterocycles. The van der Waals surface area contributed by atoms with Crippen LogP contribution in [0.5, 0.6) is 0 Å². The highest BCUT2D eigenvalue weighted by Crippen LogP contribution is 2.25. The van der Waals surface area contributed by atoms with Crippen molar-refractivity contribution in [3.05, 3.63) is 0 Å². The zero-order valence-corrected chi connectivity index (χ0v) is 10.4. The quantitative estimate of drug-likeness (QED) is 0.760. The van der Waals surface area contributed by atoms with Gasteiger partial charge >= 0.3 is 5.97 Å². The van der Waals surface area contributed by atoms with Crippen molar-refractivity contribution in [2.45, 2.75) is 51.7 Å². The molecule has 0 radical (unpaired) electrons. The van der Waals surface area contributed by atoms with Crippen molar-refractivity contribution in [3.8, 4) is 0 Å². The molecule has 0 aromatic rings. The molecule has 1 amide bonds. The minimum absolute atomic E-state index is 0.0496. The third-order valence-electron chi connectivity index (χ3n) is 3.14. The molecule has 0 spiro atoms. The second kappa shape index (κ2) is 6.59. The molecule has 1 fully saturated rings. The van der Waals surface area contributed by atoms with E-state index < -0.39 is 12.0 Å². The Labute approximate surface area is 102 Å². The normalized spacial score (nSPS) is 26.2. The third-order valence-corrected chi connectivity index (χ3v) is 3.14. The van der Waals surface area contributed by atoms with Crippen LogP contribution in [-0.2, 0) is 14.3 Å². The van der Waals surface area contributed by atoms with Crippen molar-refractivity contribution in [2.75, 3.05) is 6.61 Å². The first-order valence-corrected chi connectivity index (χ1v) is 6.10. The number of rotatable bonds is 5. The Morgan fingerprint density at radius 1 is 1.35 bits per heavy atom. The fourth-order valence-corrected chi connectivity index (χ4v) is 2.05. The number of carbonyl (C=O) groups is 2. The molecule has 98 valence electrons. The topological polar surface area (TPSA) is 75.6 Å². The van der Waals surface area contributed by atoms with Gasteiger partial charge in [-0.1, -0.05) is 6.92 Å². The molecule has 0 saturated heterocycles. The van der Waals surface area contributed by atoms with Crippen LogP contribution in [0.25, 0.3) is 0 Å². The molecule has 1 saturated carbocycles. The highest BCUT2D eigenvalue weighted by molar-refractivity contribution is 5.82. The molecule has 0 bridgehead atoms. The lowest BCUT2D eigenvalue weighted by atomic mass is 9.89. The molecule has 0 aromatic heterocycles. The van der Waals surface area contributed by atoms with Crippen LogP contribution in [0.1, 0.15) is 39.5 Å². The summed E-state index contributed by atoms with van der Waals surface area (Å²) in [6, 6.07) is -0.938. The van der Waals surface area contributed by atoms with Crippen LogP contribution in [0.15, 0.2) is 0 Å². The Bertz CT molecular complexity index is 272. The summed E-state index contributed by atoms with van der Waals surface area (Å²) < 4.78 is 5.56. The SMILES string of the molecule is CC(=O)NC(COC1CCC(C)CC1)C(=O)O. The molecular formula is C12H21NO4. The number of carboxylic acids is 1. The first-order valence-electron chi connectivity index (χ1n) is 6.10. The van der Waals surface area contributed by atoms with Crippen molar-refractivity contribution in [1.82, 2.24) is 5.32 Å². The molecule has 0 aliphatic heterocycles. The van der Waals surface area contributed by atoms with Gasteiger partial charge in [0.2, 0.25) is 5.91 Å². The summed E-state index contributed by atoms with van der Waals surface area (Å²) in [5.74, 6) is -0.664. The number of hydrogen-bond donors (Lipinski definition) is 2. The molecule has 1 aliphatic rings. The Balaban J connectivity index is 2.31. The number of hydrogen-bond acceptors (Lipinski definition) is 3. The van der Waals surface area contributed by atoms with E-state index in [1.165, 1.54) is 6.92 Å². The van der Waals surface area contributed by atoms with Gasteiger partial charge in [0.25, 0.3) is 0 Å². The summed E-state index contributed by atoms with van der Waals surface area (Å²) >= 11 is 0. The third kappa shape index (κ3) is 5.17. The minimum Gasteiger partial charge on any atom is -0.480 e. The molecule has 5 heteroatoms. The van der Waals surface area contributed by atoms with E-state index in [0.29, 0.717) is 0 Å². The van der Waals surface area contributed by atoms with Crippen molar-refractivity contribution in [3.63, 3.8) is 0 Å². The Morgan fingerprint density at radius 2 is 1.94 bits per heavy atom. The van der Waals surface area contributed by atoms with Gasteiger partial charge in [0.15, 0.2) is 6.04 Å². The van der Waals surface area contributed by atoms with Crippen molar-refractivity contribution < 1.29 is 19.4 Å². The van der Waals surface area contributed by atoms with Gasteiger partial charge in [-0.15, -0.1) is 0 Å². The second-order valence-electron chi connectivity index (χ2n) is 4.81. The molecule has 2 N–H and O–H groups in total. The highest BCUT2D eigenvalue weighted by atomic mass is 16.5. The molecule has 0 aromatic carbocycles. The number of nitrogens with one attached hydrogen (secondary N) is 1. The molecule has 1 unspecified atom stereocenters. The van der Waals surface area contributed by atoms with E-state index in [4.69, 9.17) is 9.84 Å². The largest absolute Gasteiger partial charge is 0.480 e. The summed E-state index contributed by atoms with van der Waals surface area (Å²) in [6.07, 6.45) is 4.36. The summed E-state index contributed by atoms with van der Waals surface area (Å²) in [6.45, 7) is 3.57. The lowest BCUT2D eigenvalue weighted by Gasteiger charge is -2.27. The van der Waals surface area contributed by atoms with Crippen LogP contribution in [-0.4, -0.2) is 35.7 Å². The summed E-state index contributed by atoms with van der Waals surface area (Å²) in [7, 11) is 0. The van der Waals surface area contributed by atoms with Gasteiger partial charge in [-0.25, -0.2) is 4.79 Å². The maximum atomic E-state index is 10.9. The summed E-state index contributed by atoms with van der Waals surface area (Å²) in [5, 5.41) is 11.3. The van der Waals surface area contributed by atoms with E-state index in [1.54, 1.807) is 0 Å². The lowest BCUT2D eigenvalue weighted by Crippen LogP contribution is -2.44. The number of aliphatic carboxylic acids is 1. The Morgan fingerprint density at radius 3 is 2.41 bits per heavy atom. The molecule has 5 nitrogen and oxygen atoms in total. The van der Waals surface area contributed by atoms with E-state index >= 15 is 0 Å². The molecule has 17 heavy (non-hydrogen) atoms. The van der Waals surface area contributed by atoms with Crippen LogP contribution in [0, 0.1) is 5.92 Å². The average Bonchev–Trinajstić information content (AvgIpc) is 2.25. The van der Waals surface area contributed by atoms with Crippen molar-refractivity contribution in [2.24, 2.45) is 5.92 Å². The van der Waals surface area contributed by atoms with Crippen molar-refractivity contribution in [1.29, 1.82) is 0 Å². The van der Waals surface area contributed by atoms with E-state index in [1.807, 2.05) is 0 Å². The molecule has 1 atom stereocenters. The van der Waals surface area contributed by atoms with E-state index in [2.05, 4.69) is 12.2 Å². The van der Waals surface area contributed by atoms with E-state index in [9.17, 15) is 9.59 Å². The standard InChI is InChI=1S/C12H21NO4/c1-8-3-5-10(6-4-8)17-7-11(12(15)16)13-9(2)14/h8,10-11H,3-7H2,1-2H3,(H,13,14)(H,15,16). The predicted molar refractivity (Wildman–Crippen MR) is 62.6 cm³/mol. The first-order chi connectivity index (χ1) is 7.99. The second-order valence-corrected chi connectivity index (χ2v) is 4.81. The highest BCUT2D eigenvalue weighted by Gasteiger charge is 2.23. The monoisotopic (exact) mass is 243 g/mol. The maximum absolute atomic E-state index is 10.9. The van der Waals surface area contributed by atoms with Crippen LogP contribution in [0.2, 0.25) is 0 Å². The number of amides is 1. The van der Waals surface area contributed by atoms with Gasteiger partial charge in [0.1, 0.15) is 0 Å². The number of ether oxygens (including phenoxy) is 1. The number of carboxylic acid groups (broad SMARTS) is 1. The van der Waals surface area contributed by atoms with Crippen LogP contribution >= 0.6 is 0 Å². The fourth-order valence-electron chi connectivity index (χ4n) is 2.05. The zero-order chi connectivity index (χ0) is 12.8. The minimum atomic E-state index is -1.05. The first kappa shape index (κ1) is 14.0. The van der Waals surface area contributed by atoms with Gasteiger partial charge in [-0.2, -0.15) is 0 Å². The van der Waals surface area contributed by atoms with Crippen LogP contribution < -0.4 is 5.32 Å². The Hall–Kier alpha value is -1.10. The van der Waals surface area contributed by atoms with Gasteiger partial charge in [0, 0.05) is 6.92 Å². The number of carbonyl (C=O) groups excluding carboxylic acids is 1. The smallest absolute Gasteiger partial charge is 0.328 e. The van der Waals surface area contributed by atoms with Crippen molar-refractivity contribution >= 4 is 11.9 Å². The van der Waals surface area contributed by atoms with E-state index in [0.717, 1.165) is 31.6 Å². The summed E-state index contributed by atoms with van der Waals surface area (Å²) in [4.78, 5) is 21.7. The van der Waals surface area contributed by atoms with Crippen LogP contribution in [0.3, 0.4) is 0 Å². The fraction of sp³-hybridized carbons (Fsp3) is 0.833. The summed E-state index contributed by atoms with van der Waals surface area (Å²) in [5.41, 5.74) is 0. The Kier molecular flexibility index (Phi) is 5.41. The molecule has 1 aliphatic carbocycles. The van der Waals surface area contributed by atoms with Gasteiger partial charge in [-0.05, 0) is 31.6 Å².